The summed E-state index contributed by atoms with van der Waals surface area (Å²) in [6, 6.07) is 11.6. The molecule has 2 rings (SSSR count). The number of anilines is 1. The molecule has 0 aromatic heterocycles. The standard InChI is InChI=1S/C23H28BrN3O4/c1-4-5-21(28)25-18-9-6-16(7-10-18)22(29)26-27-23(30)19-14-17(24)8-11-20(19)31-13-12-15(2)3/h6-11,14-15H,4-5,12-13H2,1-3H3,(H,25,28)(H,26,29)(H,27,30). The number of nitrogens with one attached hydrogen (secondary N) is 3. The maximum atomic E-state index is 12.6. The molecule has 0 aliphatic heterocycles. The van der Waals surface area contributed by atoms with Gasteiger partial charge in [0.2, 0.25) is 5.91 Å². The summed E-state index contributed by atoms with van der Waals surface area (Å²) in [6.07, 6.45) is 2.06. The van der Waals surface area contributed by atoms with E-state index in [4.69, 9.17) is 4.74 Å². The Labute approximate surface area is 191 Å². The van der Waals surface area contributed by atoms with Crippen molar-refractivity contribution < 1.29 is 19.1 Å². The molecule has 166 valence electrons. The van der Waals surface area contributed by atoms with Crippen molar-refractivity contribution in [3.05, 3.63) is 58.1 Å². The first kappa shape index (κ1) is 24.4. The number of carbonyl (C=O) groups excluding carboxylic acids is 3. The number of amides is 3. The van der Waals surface area contributed by atoms with Crippen LogP contribution in [0.15, 0.2) is 46.9 Å². The van der Waals surface area contributed by atoms with Crippen molar-refractivity contribution in [2.45, 2.75) is 40.0 Å². The van der Waals surface area contributed by atoms with Crippen LogP contribution in [0.3, 0.4) is 0 Å². The minimum Gasteiger partial charge on any atom is -0.493 e. The molecule has 0 aliphatic carbocycles. The van der Waals surface area contributed by atoms with E-state index < -0.39 is 11.8 Å². The molecule has 2 aromatic rings. The van der Waals surface area contributed by atoms with Gasteiger partial charge >= 0.3 is 0 Å². The first-order chi connectivity index (χ1) is 14.8. The molecule has 0 radical (unpaired) electrons. The van der Waals surface area contributed by atoms with E-state index in [2.05, 4.69) is 45.9 Å². The highest BCUT2D eigenvalue weighted by Gasteiger charge is 2.15. The van der Waals surface area contributed by atoms with Crippen molar-refractivity contribution in [2.24, 2.45) is 5.92 Å². The van der Waals surface area contributed by atoms with Crippen LogP contribution in [0.25, 0.3) is 0 Å². The normalized spacial score (nSPS) is 10.5. The van der Waals surface area contributed by atoms with Gasteiger partial charge in [-0.15, -0.1) is 0 Å². The van der Waals surface area contributed by atoms with E-state index in [1.165, 1.54) is 0 Å². The highest BCUT2D eigenvalue weighted by Crippen LogP contribution is 2.23. The maximum Gasteiger partial charge on any atom is 0.273 e. The SMILES string of the molecule is CCCC(=O)Nc1ccc(C(=O)NNC(=O)c2cc(Br)ccc2OCCC(C)C)cc1. The van der Waals surface area contributed by atoms with Gasteiger partial charge in [0.15, 0.2) is 0 Å². The highest BCUT2D eigenvalue weighted by molar-refractivity contribution is 9.10. The molecular weight excluding hydrogens is 462 g/mol. The predicted octanol–water partition coefficient (Wildman–Crippen LogP) is 4.69. The second kappa shape index (κ2) is 12.1. The topological polar surface area (TPSA) is 96.5 Å². The first-order valence-corrected chi connectivity index (χ1v) is 11.0. The number of ether oxygens (including phenoxy) is 1. The molecule has 0 spiro atoms. The molecule has 2 aromatic carbocycles. The summed E-state index contributed by atoms with van der Waals surface area (Å²) < 4.78 is 6.47. The number of hydrogen-bond acceptors (Lipinski definition) is 4. The fraction of sp³-hybridized carbons (Fsp3) is 0.348. The van der Waals surface area contributed by atoms with Gasteiger partial charge in [0.25, 0.3) is 11.8 Å². The summed E-state index contributed by atoms with van der Waals surface area (Å²) in [7, 11) is 0. The summed E-state index contributed by atoms with van der Waals surface area (Å²) in [6.45, 7) is 6.61. The van der Waals surface area contributed by atoms with E-state index >= 15 is 0 Å². The third kappa shape index (κ3) is 8.05. The molecule has 0 saturated heterocycles. The van der Waals surface area contributed by atoms with Gasteiger partial charge in [0, 0.05) is 22.1 Å². The monoisotopic (exact) mass is 489 g/mol. The Hall–Kier alpha value is -2.87. The third-order valence-corrected chi connectivity index (χ3v) is 4.83. The van der Waals surface area contributed by atoms with Crippen LogP contribution in [-0.2, 0) is 4.79 Å². The van der Waals surface area contributed by atoms with Crippen LogP contribution in [0, 0.1) is 5.92 Å². The van der Waals surface area contributed by atoms with Gasteiger partial charge in [0.1, 0.15) is 5.75 Å². The van der Waals surface area contributed by atoms with Crippen LogP contribution in [0.2, 0.25) is 0 Å². The Bertz CT molecular complexity index is 914. The lowest BCUT2D eigenvalue weighted by atomic mass is 10.1. The Balaban J connectivity index is 1.96. The summed E-state index contributed by atoms with van der Waals surface area (Å²) >= 11 is 3.35. The van der Waals surface area contributed by atoms with Gasteiger partial charge in [-0.05, 0) is 61.2 Å². The largest absolute Gasteiger partial charge is 0.493 e. The van der Waals surface area contributed by atoms with Gasteiger partial charge in [-0.25, -0.2) is 0 Å². The van der Waals surface area contributed by atoms with Crippen LogP contribution in [0.5, 0.6) is 5.75 Å². The molecule has 7 nitrogen and oxygen atoms in total. The molecule has 31 heavy (non-hydrogen) atoms. The zero-order valence-electron chi connectivity index (χ0n) is 18.0. The van der Waals surface area contributed by atoms with E-state index in [-0.39, 0.29) is 5.91 Å². The first-order valence-electron chi connectivity index (χ1n) is 10.2. The lowest BCUT2D eigenvalue weighted by Crippen LogP contribution is -2.41. The van der Waals surface area contributed by atoms with Gasteiger partial charge in [0.05, 0.1) is 12.2 Å². The Morgan fingerprint density at radius 2 is 1.68 bits per heavy atom. The Morgan fingerprint density at radius 3 is 2.32 bits per heavy atom. The summed E-state index contributed by atoms with van der Waals surface area (Å²) in [5.74, 6) is -0.108. The third-order valence-electron chi connectivity index (χ3n) is 4.34. The number of hydrogen-bond donors (Lipinski definition) is 3. The van der Waals surface area contributed by atoms with E-state index in [0.717, 1.165) is 17.3 Å². The molecular formula is C23H28BrN3O4. The van der Waals surface area contributed by atoms with Crippen LogP contribution >= 0.6 is 15.9 Å². The minimum absolute atomic E-state index is 0.0765. The number of hydrazine groups is 1. The van der Waals surface area contributed by atoms with E-state index in [0.29, 0.717) is 41.5 Å². The summed E-state index contributed by atoms with van der Waals surface area (Å²) in [4.78, 5) is 36.6. The van der Waals surface area contributed by atoms with Crippen molar-refractivity contribution >= 4 is 39.3 Å². The van der Waals surface area contributed by atoms with Crippen LogP contribution in [0.4, 0.5) is 5.69 Å². The van der Waals surface area contributed by atoms with Gasteiger partial charge in [-0.1, -0.05) is 36.7 Å². The number of carbonyl (C=O) groups is 3. The zero-order valence-corrected chi connectivity index (χ0v) is 19.5. The lowest BCUT2D eigenvalue weighted by Gasteiger charge is -2.14. The van der Waals surface area contributed by atoms with E-state index in [1.807, 2.05) is 6.92 Å². The van der Waals surface area contributed by atoms with Crippen molar-refractivity contribution in [3.63, 3.8) is 0 Å². The molecule has 8 heteroatoms. The van der Waals surface area contributed by atoms with E-state index in [9.17, 15) is 14.4 Å². The quantitative estimate of drug-likeness (QED) is 0.445. The van der Waals surface area contributed by atoms with Gasteiger partial charge in [-0.2, -0.15) is 0 Å². The molecule has 0 unspecified atom stereocenters. The van der Waals surface area contributed by atoms with Crippen molar-refractivity contribution in [3.8, 4) is 5.75 Å². The average molecular weight is 490 g/mol. The molecule has 0 heterocycles. The fourth-order valence-corrected chi connectivity index (χ4v) is 2.98. The molecule has 0 atom stereocenters. The Morgan fingerprint density at radius 1 is 1.00 bits per heavy atom. The molecule has 3 amide bonds. The fourth-order valence-electron chi connectivity index (χ4n) is 2.62. The molecule has 3 N–H and O–H groups in total. The predicted molar refractivity (Wildman–Crippen MR) is 124 cm³/mol. The maximum absolute atomic E-state index is 12.6. The zero-order chi connectivity index (χ0) is 22.8. The number of halogens is 1. The van der Waals surface area contributed by atoms with Crippen LogP contribution in [-0.4, -0.2) is 24.3 Å². The van der Waals surface area contributed by atoms with Crippen molar-refractivity contribution in [1.29, 1.82) is 0 Å². The second-order valence-corrected chi connectivity index (χ2v) is 8.37. The van der Waals surface area contributed by atoms with Crippen LogP contribution in [0.1, 0.15) is 60.7 Å². The highest BCUT2D eigenvalue weighted by atomic mass is 79.9. The van der Waals surface area contributed by atoms with Crippen molar-refractivity contribution in [2.75, 3.05) is 11.9 Å². The van der Waals surface area contributed by atoms with Crippen LogP contribution < -0.4 is 20.9 Å². The average Bonchev–Trinajstić information content (AvgIpc) is 2.73. The van der Waals surface area contributed by atoms with E-state index in [1.54, 1.807) is 42.5 Å². The summed E-state index contributed by atoms with van der Waals surface area (Å²) in [5.41, 5.74) is 6.08. The number of rotatable bonds is 9. The van der Waals surface area contributed by atoms with Gasteiger partial charge < -0.3 is 10.1 Å². The lowest BCUT2D eigenvalue weighted by molar-refractivity contribution is -0.116. The molecule has 0 fully saturated rings. The minimum atomic E-state index is -0.488. The summed E-state index contributed by atoms with van der Waals surface area (Å²) in [5, 5.41) is 2.76. The smallest absolute Gasteiger partial charge is 0.273 e. The van der Waals surface area contributed by atoms with Crippen molar-refractivity contribution in [1.82, 2.24) is 10.9 Å². The molecule has 0 aliphatic rings. The Kier molecular flexibility index (Phi) is 9.52. The second-order valence-electron chi connectivity index (χ2n) is 7.46. The number of benzene rings is 2. The molecule has 0 bridgehead atoms. The van der Waals surface area contributed by atoms with Gasteiger partial charge in [-0.3, -0.25) is 25.2 Å². The molecule has 0 saturated carbocycles.